The summed E-state index contributed by atoms with van der Waals surface area (Å²) >= 11 is 0. The van der Waals surface area contributed by atoms with E-state index in [1.165, 1.54) is 6.08 Å². The summed E-state index contributed by atoms with van der Waals surface area (Å²) in [4.78, 5) is 11.8. The Morgan fingerprint density at radius 3 is 2.50 bits per heavy atom. The maximum atomic E-state index is 11.8. The maximum Gasteiger partial charge on any atom is 0.244 e. The molecule has 0 atom stereocenters. The zero-order valence-electron chi connectivity index (χ0n) is 14.4. The average molecular weight is 305 g/mol. The molecule has 0 bridgehead atoms. The van der Waals surface area contributed by atoms with Gasteiger partial charge >= 0.3 is 0 Å². The summed E-state index contributed by atoms with van der Waals surface area (Å²) in [5.41, 5.74) is 0.644. The van der Waals surface area contributed by atoms with E-state index in [1.54, 1.807) is 13.2 Å². The fraction of sp³-hybridized carbons (Fsp3) is 0.500. The number of nitrogens with one attached hydrogen (secondary N) is 1. The standard InChI is InChI=1S/C18H27NO3/c1-13(2)12-22-15-9-7-14(11-16(15)21-6)8-10-17(20)19-18(3,4)5/h7-11,13H,12H2,1-6H3,(H,19,20)/b10-8+. The Labute approximate surface area is 133 Å². The molecule has 1 rings (SSSR count). The summed E-state index contributed by atoms with van der Waals surface area (Å²) in [7, 11) is 1.61. The zero-order chi connectivity index (χ0) is 16.8. The van der Waals surface area contributed by atoms with Gasteiger partial charge in [-0.05, 0) is 50.5 Å². The Hall–Kier alpha value is -1.97. The smallest absolute Gasteiger partial charge is 0.244 e. The molecule has 0 heterocycles. The van der Waals surface area contributed by atoms with Crippen LogP contribution in [0.5, 0.6) is 11.5 Å². The number of ether oxygens (including phenoxy) is 2. The lowest BCUT2D eigenvalue weighted by atomic mass is 10.1. The first-order valence-corrected chi connectivity index (χ1v) is 7.52. The molecule has 4 heteroatoms. The lowest BCUT2D eigenvalue weighted by Gasteiger charge is -2.19. The lowest BCUT2D eigenvalue weighted by molar-refractivity contribution is -0.117. The van der Waals surface area contributed by atoms with Gasteiger partial charge in [-0.1, -0.05) is 19.9 Å². The lowest BCUT2D eigenvalue weighted by Crippen LogP contribution is -2.39. The zero-order valence-corrected chi connectivity index (χ0v) is 14.4. The number of rotatable bonds is 6. The van der Waals surface area contributed by atoms with E-state index in [0.717, 1.165) is 5.56 Å². The number of carbonyl (C=O) groups excluding carboxylic acids is 1. The Balaban J connectivity index is 2.78. The SMILES string of the molecule is COc1cc(/C=C/C(=O)NC(C)(C)C)ccc1OCC(C)C. The van der Waals surface area contributed by atoms with Gasteiger partial charge in [-0.25, -0.2) is 0 Å². The molecule has 22 heavy (non-hydrogen) atoms. The van der Waals surface area contributed by atoms with Gasteiger partial charge in [0.2, 0.25) is 5.91 Å². The van der Waals surface area contributed by atoms with Crippen LogP contribution in [0.25, 0.3) is 6.08 Å². The first-order chi connectivity index (χ1) is 10.2. The Kier molecular flexibility index (Phi) is 6.47. The van der Waals surface area contributed by atoms with E-state index in [0.29, 0.717) is 24.0 Å². The van der Waals surface area contributed by atoms with Gasteiger partial charge in [-0.2, -0.15) is 0 Å². The highest BCUT2D eigenvalue weighted by molar-refractivity contribution is 5.92. The number of hydrogen-bond acceptors (Lipinski definition) is 3. The molecule has 1 amide bonds. The normalized spacial score (nSPS) is 11.8. The quantitative estimate of drug-likeness (QED) is 0.816. The molecule has 0 fully saturated rings. The van der Waals surface area contributed by atoms with Crippen molar-refractivity contribution in [2.24, 2.45) is 5.92 Å². The summed E-state index contributed by atoms with van der Waals surface area (Å²) in [6, 6.07) is 5.62. The first kappa shape index (κ1) is 18.1. The van der Waals surface area contributed by atoms with Crippen molar-refractivity contribution in [2.45, 2.75) is 40.2 Å². The third-order valence-electron chi connectivity index (χ3n) is 2.69. The van der Waals surface area contributed by atoms with E-state index in [2.05, 4.69) is 19.2 Å². The number of methoxy groups -OCH3 is 1. The molecule has 0 spiro atoms. The number of hydrogen-bond donors (Lipinski definition) is 1. The van der Waals surface area contributed by atoms with Crippen LogP contribution >= 0.6 is 0 Å². The molecule has 1 aromatic carbocycles. The fourth-order valence-corrected chi connectivity index (χ4v) is 1.75. The Morgan fingerprint density at radius 2 is 1.95 bits per heavy atom. The van der Waals surface area contributed by atoms with Crippen LogP contribution in [0, 0.1) is 5.92 Å². The van der Waals surface area contributed by atoms with Gasteiger partial charge in [0.25, 0.3) is 0 Å². The predicted octanol–water partition coefficient (Wildman–Crippen LogP) is 3.66. The molecule has 0 radical (unpaired) electrons. The van der Waals surface area contributed by atoms with Gasteiger partial charge in [-0.15, -0.1) is 0 Å². The third-order valence-corrected chi connectivity index (χ3v) is 2.69. The number of carbonyl (C=O) groups is 1. The molecule has 122 valence electrons. The Morgan fingerprint density at radius 1 is 1.27 bits per heavy atom. The minimum absolute atomic E-state index is 0.119. The van der Waals surface area contributed by atoms with Crippen molar-refractivity contribution in [1.29, 1.82) is 0 Å². The average Bonchev–Trinajstić information content (AvgIpc) is 2.41. The molecule has 0 saturated heterocycles. The van der Waals surface area contributed by atoms with Crippen LogP contribution in [0.15, 0.2) is 24.3 Å². The van der Waals surface area contributed by atoms with E-state index in [9.17, 15) is 4.79 Å². The summed E-state index contributed by atoms with van der Waals surface area (Å²) in [5.74, 6) is 1.71. The van der Waals surface area contributed by atoms with Crippen LogP contribution in [0.1, 0.15) is 40.2 Å². The second-order valence-corrected chi connectivity index (χ2v) is 6.69. The molecule has 4 nitrogen and oxygen atoms in total. The molecule has 0 unspecified atom stereocenters. The molecule has 0 aliphatic carbocycles. The minimum Gasteiger partial charge on any atom is -0.493 e. The van der Waals surface area contributed by atoms with Crippen LogP contribution in [0.2, 0.25) is 0 Å². The van der Waals surface area contributed by atoms with E-state index in [-0.39, 0.29) is 11.4 Å². The summed E-state index contributed by atoms with van der Waals surface area (Å²) in [6.45, 7) is 10.7. The minimum atomic E-state index is -0.242. The second-order valence-electron chi connectivity index (χ2n) is 6.69. The molecule has 0 aliphatic rings. The molecular formula is C18H27NO3. The van der Waals surface area contributed by atoms with Crippen molar-refractivity contribution in [3.63, 3.8) is 0 Å². The topological polar surface area (TPSA) is 47.6 Å². The van der Waals surface area contributed by atoms with E-state index in [1.807, 2.05) is 39.0 Å². The van der Waals surface area contributed by atoms with Gasteiger partial charge in [0.15, 0.2) is 11.5 Å². The fourth-order valence-electron chi connectivity index (χ4n) is 1.75. The van der Waals surface area contributed by atoms with E-state index < -0.39 is 0 Å². The van der Waals surface area contributed by atoms with Crippen molar-refractivity contribution < 1.29 is 14.3 Å². The predicted molar refractivity (Wildman–Crippen MR) is 90.3 cm³/mol. The van der Waals surface area contributed by atoms with E-state index >= 15 is 0 Å². The Bertz CT molecular complexity index is 528. The van der Waals surface area contributed by atoms with Crippen LogP contribution in [-0.4, -0.2) is 25.2 Å². The highest BCUT2D eigenvalue weighted by atomic mass is 16.5. The van der Waals surface area contributed by atoms with E-state index in [4.69, 9.17) is 9.47 Å². The van der Waals surface area contributed by atoms with Crippen molar-refractivity contribution in [3.05, 3.63) is 29.8 Å². The molecule has 1 N–H and O–H groups in total. The van der Waals surface area contributed by atoms with Gasteiger partial charge < -0.3 is 14.8 Å². The van der Waals surface area contributed by atoms with Gasteiger partial charge in [0, 0.05) is 11.6 Å². The van der Waals surface area contributed by atoms with Gasteiger partial charge in [-0.3, -0.25) is 4.79 Å². The summed E-state index contributed by atoms with van der Waals surface area (Å²) < 4.78 is 11.1. The van der Waals surface area contributed by atoms with Crippen molar-refractivity contribution in [3.8, 4) is 11.5 Å². The largest absolute Gasteiger partial charge is 0.493 e. The van der Waals surface area contributed by atoms with Gasteiger partial charge in [0.05, 0.1) is 13.7 Å². The number of amides is 1. The van der Waals surface area contributed by atoms with Gasteiger partial charge in [0.1, 0.15) is 0 Å². The van der Waals surface area contributed by atoms with Crippen LogP contribution in [-0.2, 0) is 4.79 Å². The molecule has 0 aliphatic heterocycles. The van der Waals surface area contributed by atoms with Crippen LogP contribution in [0.4, 0.5) is 0 Å². The second kappa shape index (κ2) is 7.87. The number of benzene rings is 1. The summed E-state index contributed by atoms with van der Waals surface area (Å²) in [5, 5.41) is 2.88. The monoisotopic (exact) mass is 305 g/mol. The summed E-state index contributed by atoms with van der Waals surface area (Å²) in [6.07, 6.45) is 3.28. The highest BCUT2D eigenvalue weighted by Gasteiger charge is 2.11. The maximum absolute atomic E-state index is 11.8. The van der Waals surface area contributed by atoms with Crippen molar-refractivity contribution in [1.82, 2.24) is 5.32 Å². The van der Waals surface area contributed by atoms with Crippen molar-refractivity contribution >= 4 is 12.0 Å². The molecule has 0 aromatic heterocycles. The molecule has 1 aromatic rings. The van der Waals surface area contributed by atoms with Crippen molar-refractivity contribution in [2.75, 3.05) is 13.7 Å². The van der Waals surface area contributed by atoms with Crippen LogP contribution in [0.3, 0.4) is 0 Å². The molecular weight excluding hydrogens is 278 g/mol. The molecule has 0 saturated carbocycles. The third kappa shape index (κ3) is 6.66. The highest BCUT2D eigenvalue weighted by Crippen LogP contribution is 2.28. The first-order valence-electron chi connectivity index (χ1n) is 7.52. The van der Waals surface area contributed by atoms with Crippen LogP contribution < -0.4 is 14.8 Å².